The number of anilines is 2. The molecular formula is C31H30F3N5O4S. The molecule has 1 saturated heterocycles. The molecule has 2 fully saturated rings. The van der Waals surface area contributed by atoms with Crippen molar-refractivity contribution in [3.8, 4) is 16.9 Å². The number of rotatable bonds is 8. The summed E-state index contributed by atoms with van der Waals surface area (Å²) in [6.07, 6.45) is -1.13. The van der Waals surface area contributed by atoms with E-state index >= 15 is 0 Å². The van der Waals surface area contributed by atoms with Gasteiger partial charge in [0.2, 0.25) is 0 Å². The summed E-state index contributed by atoms with van der Waals surface area (Å²) in [5, 5.41) is 0.758. The number of halogens is 3. The second kappa shape index (κ2) is 11.6. The molecular weight excluding hydrogens is 595 g/mol. The predicted octanol–water partition coefficient (Wildman–Crippen LogP) is 5.35. The van der Waals surface area contributed by atoms with Crippen LogP contribution in [-0.4, -0.2) is 68.2 Å². The lowest BCUT2D eigenvalue weighted by Gasteiger charge is -2.35. The molecule has 0 unspecified atom stereocenters. The van der Waals surface area contributed by atoms with Gasteiger partial charge < -0.3 is 15.4 Å². The van der Waals surface area contributed by atoms with Crippen molar-refractivity contribution in [1.29, 1.82) is 0 Å². The minimum absolute atomic E-state index is 0.0437. The van der Waals surface area contributed by atoms with Gasteiger partial charge in [0, 0.05) is 66.7 Å². The second-order valence-corrected chi connectivity index (χ2v) is 12.7. The largest absolute Gasteiger partial charge is 0.573 e. The van der Waals surface area contributed by atoms with Gasteiger partial charge in [0.05, 0.1) is 16.1 Å². The minimum Gasteiger partial charge on any atom is -0.404 e. The van der Waals surface area contributed by atoms with Crippen molar-refractivity contribution in [1.82, 2.24) is 14.8 Å². The van der Waals surface area contributed by atoms with Crippen LogP contribution < -0.4 is 15.2 Å². The Morgan fingerprint density at radius 3 is 2.45 bits per heavy atom. The first-order valence-corrected chi connectivity index (χ1v) is 15.6. The Labute approximate surface area is 252 Å². The molecule has 44 heavy (non-hydrogen) atoms. The second-order valence-electron chi connectivity index (χ2n) is 11.0. The lowest BCUT2D eigenvalue weighted by atomic mass is 10.0. The highest BCUT2D eigenvalue weighted by atomic mass is 32.2. The van der Waals surface area contributed by atoms with E-state index in [1.807, 2.05) is 12.1 Å². The van der Waals surface area contributed by atoms with E-state index in [0.29, 0.717) is 43.2 Å². The number of pyridine rings is 1. The first kappa shape index (κ1) is 29.7. The van der Waals surface area contributed by atoms with Crippen LogP contribution in [0.3, 0.4) is 0 Å². The van der Waals surface area contributed by atoms with Crippen LogP contribution in [0.5, 0.6) is 5.75 Å². The van der Waals surface area contributed by atoms with Crippen LogP contribution in [0, 0.1) is 5.92 Å². The third kappa shape index (κ3) is 6.58. The molecule has 3 aromatic carbocycles. The highest BCUT2D eigenvalue weighted by Gasteiger charge is 2.34. The molecule has 1 amide bonds. The van der Waals surface area contributed by atoms with Gasteiger partial charge in [0.1, 0.15) is 0 Å². The summed E-state index contributed by atoms with van der Waals surface area (Å²) in [6, 6.07) is 16.3. The summed E-state index contributed by atoms with van der Waals surface area (Å²) in [5.41, 5.74) is 6.99. The number of hydrogen-bond acceptors (Lipinski definition) is 7. The Morgan fingerprint density at radius 1 is 0.977 bits per heavy atom. The zero-order valence-corrected chi connectivity index (χ0v) is 24.4. The molecule has 230 valence electrons. The summed E-state index contributed by atoms with van der Waals surface area (Å²) >= 11 is 0. The summed E-state index contributed by atoms with van der Waals surface area (Å²) in [4.78, 5) is 21.3. The van der Waals surface area contributed by atoms with E-state index in [1.165, 1.54) is 37.1 Å². The Kier molecular flexibility index (Phi) is 7.84. The lowest BCUT2D eigenvalue weighted by molar-refractivity contribution is -0.274. The van der Waals surface area contributed by atoms with Gasteiger partial charge in [0.15, 0.2) is 5.75 Å². The number of benzene rings is 3. The fourth-order valence-corrected chi connectivity index (χ4v) is 6.72. The molecule has 1 aliphatic carbocycles. The van der Waals surface area contributed by atoms with Crippen LogP contribution >= 0.6 is 0 Å². The Bertz CT molecular complexity index is 1820. The number of nitrogens with zero attached hydrogens (tertiary/aromatic N) is 3. The van der Waals surface area contributed by atoms with Crippen molar-refractivity contribution in [2.45, 2.75) is 24.1 Å². The van der Waals surface area contributed by atoms with Gasteiger partial charge in [-0.15, -0.1) is 13.2 Å². The van der Waals surface area contributed by atoms with Crippen molar-refractivity contribution in [2.75, 3.05) is 43.2 Å². The number of nitrogen functional groups attached to an aromatic ring is 1. The molecule has 2 aliphatic rings. The molecule has 1 aliphatic heterocycles. The van der Waals surface area contributed by atoms with Gasteiger partial charge in [-0.1, -0.05) is 24.3 Å². The van der Waals surface area contributed by atoms with E-state index in [-0.39, 0.29) is 21.7 Å². The molecule has 0 spiro atoms. The Morgan fingerprint density at radius 2 is 1.73 bits per heavy atom. The quantitative estimate of drug-likeness (QED) is 0.254. The normalized spacial score (nSPS) is 16.2. The third-order valence-corrected chi connectivity index (χ3v) is 9.21. The van der Waals surface area contributed by atoms with Crippen LogP contribution in [0.15, 0.2) is 77.8 Å². The number of piperazine rings is 1. The molecule has 2 heterocycles. The van der Waals surface area contributed by atoms with Crippen LogP contribution in [0.4, 0.5) is 24.5 Å². The fraction of sp³-hybridized carbons (Fsp3) is 0.290. The summed E-state index contributed by atoms with van der Waals surface area (Å²) < 4.78 is 74.4. The number of sulfonamides is 1. The maximum atomic E-state index is 13.7. The van der Waals surface area contributed by atoms with Gasteiger partial charge in [-0.25, -0.2) is 8.42 Å². The van der Waals surface area contributed by atoms with Crippen LogP contribution in [0.1, 0.15) is 23.2 Å². The maximum absolute atomic E-state index is 13.7. The average molecular weight is 626 g/mol. The average Bonchev–Trinajstić information content (AvgIpc) is 3.81. The van der Waals surface area contributed by atoms with E-state index in [2.05, 4.69) is 19.3 Å². The van der Waals surface area contributed by atoms with Crippen molar-refractivity contribution in [3.05, 3.63) is 78.5 Å². The number of hydrogen-bond donors (Lipinski definition) is 2. The Hall–Kier alpha value is -4.36. The van der Waals surface area contributed by atoms with Crippen molar-refractivity contribution in [3.63, 3.8) is 0 Å². The SMILES string of the molecule is Nc1ccc(S(=O)(=O)Nc2ccc(C(=O)N3CCN(CC4CC4)CC3)cc2OC(F)(F)F)c(-c2cccc3cccnc23)c1. The van der Waals surface area contributed by atoms with E-state index in [1.54, 1.807) is 29.3 Å². The van der Waals surface area contributed by atoms with Gasteiger partial charge in [-0.2, -0.15) is 0 Å². The fourth-order valence-electron chi connectivity index (χ4n) is 5.44. The number of fused-ring (bicyclic) bond motifs is 1. The molecule has 6 rings (SSSR count). The maximum Gasteiger partial charge on any atom is 0.573 e. The van der Waals surface area contributed by atoms with Crippen molar-refractivity contribution < 1.29 is 31.1 Å². The van der Waals surface area contributed by atoms with E-state index in [4.69, 9.17) is 5.73 Å². The molecule has 0 bridgehead atoms. The molecule has 0 radical (unpaired) electrons. The summed E-state index contributed by atoms with van der Waals surface area (Å²) in [5.74, 6) is -0.589. The molecule has 1 aromatic heterocycles. The molecule has 3 N–H and O–H groups in total. The number of carbonyl (C=O) groups excluding carboxylic acids is 1. The van der Waals surface area contributed by atoms with Gasteiger partial charge >= 0.3 is 6.36 Å². The highest BCUT2D eigenvalue weighted by Crippen LogP contribution is 2.37. The monoisotopic (exact) mass is 625 g/mol. The van der Waals surface area contributed by atoms with Crippen LogP contribution in [-0.2, 0) is 10.0 Å². The van der Waals surface area contributed by atoms with Crippen molar-refractivity contribution in [2.24, 2.45) is 5.92 Å². The predicted molar refractivity (Wildman–Crippen MR) is 161 cm³/mol. The highest BCUT2D eigenvalue weighted by molar-refractivity contribution is 7.92. The van der Waals surface area contributed by atoms with E-state index in [0.717, 1.165) is 24.1 Å². The van der Waals surface area contributed by atoms with Gasteiger partial charge in [-0.05, 0) is 61.2 Å². The first-order chi connectivity index (χ1) is 21.0. The Balaban J connectivity index is 1.31. The number of nitrogens with two attached hydrogens (primary N) is 1. The standard InChI is InChI=1S/C31H30F3N5O4S/c32-31(33,34)43-27-17-22(30(40)39-15-13-38(14-16-39)19-20-6-7-20)8-10-26(27)37-44(41,42)28-11-9-23(35)18-25(28)24-5-1-3-21-4-2-12-36-29(21)24/h1-5,8-12,17-18,20,37H,6-7,13-16,19,35H2. The number of nitrogens with one attached hydrogen (secondary N) is 1. The smallest absolute Gasteiger partial charge is 0.404 e. The van der Waals surface area contributed by atoms with E-state index < -0.39 is 33.7 Å². The number of amides is 1. The molecule has 4 aromatic rings. The number of ether oxygens (including phenoxy) is 1. The number of aromatic nitrogens is 1. The molecule has 13 heteroatoms. The summed E-state index contributed by atoms with van der Waals surface area (Å²) in [7, 11) is -4.50. The number of carbonyl (C=O) groups is 1. The van der Waals surface area contributed by atoms with Gasteiger partial charge in [0.25, 0.3) is 15.9 Å². The van der Waals surface area contributed by atoms with E-state index in [9.17, 15) is 26.4 Å². The third-order valence-electron chi connectivity index (χ3n) is 7.79. The van der Waals surface area contributed by atoms with Crippen molar-refractivity contribution >= 4 is 38.2 Å². The first-order valence-electron chi connectivity index (χ1n) is 14.1. The zero-order chi connectivity index (χ0) is 31.1. The zero-order valence-electron chi connectivity index (χ0n) is 23.5. The molecule has 1 saturated carbocycles. The number of alkyl halides is 3. The minimum atomic E-state index is -5.14. The van der Waals surface area contributed by atoms with Gasteiger partial charge in [-0.3, -0.25) is 19.4 Å². The number of para-hydroxylation sites is 1. The lowest BCUT2D eigenvalue weighted by Crippen LogP contribution is -2.49. The molecule has 9 nitrogen and oxygen atoms in total. The van der Waals surface area contributed by atoms with Crippen LogP contribution in [0.2, 0.25) is 0 Å². The summed E-state index contributed by atoms with van der Waals surface area (Å²) in [6.45, 7) is 3.24. The topological polar surface area (TPSA) is 118 Å². The van der Waals surface area contributed by atoms with Crippen LogP contribution in [0.25, 0.3) is 22.0 Å². The molecule has 0 atom stereocenters.